The molecule has 0 aliphatic carbocycles. The fourth-order valence-corrected chi connectivity index (χ4v) is 4.14. The smallest absolute Gasteiger partial charge is 0.306 e. The predicted molar refractivity (Wildman–Crippen MR) is 125 cm³/mol. The van der Waals surface area contributed by atoms with Gasteiger partial charge >= 0.3 is 5.69 Å². The molecule has 0 spiro atoms. The number of piperazine rings is 1. The molecule has 1 aliphatic heterocycles. The van der Waals surface area contributed by atoms with Crippen LogP contribution in [0, 0.1) is 15.9 Å². The van der Waals surface area contributed by atoms with Gasteiger partial charge in [-0.3, -0.25) is 14.9 Å². The van der Waals surface area contributed by atoms with Crippen LogP contribution in [0.15, 0.2) is 66.0 Å². The van der Waals surface area contributed by atoms with Gasteiger partial charge in [0.25, 0.3) is 0 Å². The van der Waals surface area contributed by atoms with Crippen LogP contribution < -0.4 is 15.1 Å². The molecule has 0 saturated carbocycles. The first-order valence-corrected chi connectivity index (χ1v) is 11.2. The molecule has 9 nitrogen and oxygen atoms in total. The molecule has 1 fully saturated rings. The van der Waals surface area contributed by atoms with Crippen molar-refractivity contribution in [2.75, 3.05) is 47.0 Å². The molecule has 2 aromatic carbocycles. The Hall–Kier alpha value is -3.73. The van der Waals surface area contributed by atoms with E-state index in [0.29, 0.717) is 5.03 Å². The first-order chi connectivity index (χ1) is 16.0. The molecule has 1 amide bonds. The molecule has 33 heavy (non-hydrogen) atoms. The van der Waals surface area contributed by atoms with Gasteiger partial charge in [0.2, 0.25) is 11.7 Å². The summed E-state index contributed by atoms with van der Waals surface area (Å²) in [5.41, 5.74) is 0.676. The zero-order valence-corrected chi connectivity index (χ0v) is 18.4. The lowest BCUT2D eigenvalue weighted by Crippen LogP contribution is -2.46. The first kappa shape index (κ1) is 22.5. The number of benzene rings is 2. The van der Waals surface area contributed by atoms with E-state index >= 15 is 0 Å². The lowest BCUT2D eigenvalue weighted by Gasteiger charge is -2.36. The summed E-state index contributed by atoms with van der Waals surface area (Å²) in [6.45, 7) is 3.39. The molecular formula is C22H21FN6O3S. The van der Waals surface area contributed by atoms with Crippen molar-refractivity contribution in [2.24, 2.45) is 0 Å². The minimum Gasteiger partial charge on any atom is -0.368 e. The topological polar surface area (TPSA) is 104 Å². The second kappa shape index (κ2) is 10.3. The van der Waals surface area contributed by atoms with Crippen LogP contribution in [0.25, 0.3) is 0 Å². The second-order valence-electron chi connectivity index (χ2n) is 7.28. The van der Waals surface area contributed by atoms with E-state index in [1.807, 2.05) is 24.3 Å². The van der Waals surface area contributed by atoms with Crippen LogP contribution in [0.4, 0.5) is 27.3 Å². The van der Waals surface area contributed by atoms with E-state index in [-0.39, 0.29) is 17.3 Å². The van der Waals surface area contributed by atoms with Crippen molar-refractivity contribution in [1.82, 2.24) is 9.97 Å². The van der Waals surface area contributed by atoms with Gasteiger partial charge in [-0.15, -0.1) is 0 Å². The van der Waals surface area contributed by atoms with Crippen molar-refractivity contribution in [2.45, 2.75) is 5.03 Å². The average molecular weight is 469 g/mol. The maximum atomic E-state index is 13.4. The Balaban J connectivity index is 1.31. The molecule has 0 atom stereocenters. The van der Waals surface area contributed by atoms with Gasteiger partial charge in [0.1, 0.15) is 17.2 Å². The van der Waals surface area contributed by atoms with Gasteiger partial charge in [0.15, 0.2) is 0 Å². The highest BCUT2D eigenvalue weighted by atomic mass is 32.2. The fraction of sp³-hybridized carbons (Fsp3) is 0.227. The number of nitro groups is 1. The Bertz CT molecular complexity index is 1140. The second-order valence-corrected chi connectivity index (χ2v) is 8.28. The highest BCUT2D eigenvalue weighted by molar-refractivity contribution is 7.99. The molecule has 0 bridgehead atoms. The number of para-hydroxylation sites is 1. The zero-order valence-electron chi connectivity index (χ0n) is 17.6. The summed E-state index contributed by atoms with van der Waals surface area (Å²) in [6.07, 6.45) is 1.47. The summed E-state index contributed by atoms with van der Waals surface area (Å²) in [7, 11) is 0. The molecule has 0 radical (unpaired) electrons. The number of nitro benzene ring substituents is 1. The number of aromatic nitrogens is 2. The SMILES string of the molecule is O=C(CSc1cc(N2CCN(c3ccccc3)CC2)ncn1)Nc1ccc(F)c([N+](=O)[O-])c1. The number of anilines is 3. The fourth-order valence-electron chi connectivity index (χ4n) is 3.48. The molecule has 170 valence electrons. The number of carbonyl (C=O) groups excluding carboxylic acids is 1. The lowest BCUT2D eigenvalue weighted by molar-refractivity contribution is -0.387. The van der Waals surface area contributed by atoms with Gasteiger partial charge in [-0.05, 0) is 24.3 Å². The van der Waals surface area contributed by atoms with Gasteiger partial charge in [0, 0.05) is 49.7 Å². The van der Waals surface area contributed by atoms with Gasteiger partial charge in [-0.1, -0.05) is 30.0 Å². The number of carbonyl (C=O) groups is 1. The molecule has 1 N–H and O–H groups in total. The van der Waals surface area contributed by atoms with Crippen molar-refractivity contribution in [1.29, 1.82) is 0 Å². The number of nitrogens with one attached hydrogen (secondary N) is 1. The minimum atomic E-state index is -0.953. The zero-order chi connectivity index (χ0) is 23.2. The van der Waals surface area contributed by atoms with Crippen molar-refractivity contribution in [3.05, 3.63) is 76.9 Å². The molecule has 1 saturated heterocycles. The Morgan fingerprint density at radius 2 is 1.79 bits per heavy atom. The van der Waals surface area contributed by atoms with E-state index in [4.69, 9.17) is 0 Å². The summed E-state index contributed by atoms with van der Waals surface area (Å²) < 4.78 is 13.4. The van der Waals surface area contributed by atoms with E-state index in [1.54, 1.807) is 0 Å². The van der Waals surface area contributed by atoms with E-state index in [0.717, 1.165) is 44.1 Å². The summed E-state index contributed by atoms with van der Waals surface area (Å²) in [6, 6.07) is 15.3. The molecule has 4 rings (SSSR count). The van der Waals surface area contributed by atoms with E-state index in [2.05, 4.69) is 37.2 Å². The number of halogens is 1. The maximum absolute atomic E-state index is 13.4. The number of amides is 1. The Morgan fingerprint density at radius 1 is 1.06 bits per heavy atom. The van der Waals surface area contributed by atoms with Crippen LogP contribution in [0.2, 0.25) is 0 Å². The van der Waals surface area contributed by atoms with Crippen molar-refractivity contribution >= 4 is 40.5 Å². The van der Waals surface area contributed by atoms with Crippen LogP contribution in [-0.4, -0.2) is 52.7 Å². The molecule has 1 aromatic heterocycles. The third kappa shape index (κ3) is 5.75. The third-order valence-electron chi connectivity index (χ3n) is 5.13. The van der Waals surface area contributed by atoms with Gasteiger partial charge in [-0.25, -0.2) is 9.97 Å². The summed E-state index contributed by atoms with van der Waals surface area (Å²) in [5, 5.41) is 14.0. The van der Waals surface area contributed by atoms with E-state index in [9.17, 15) is 19.3 Å². The van der Waals surface area contributed by atoms with Gasteiger partial charge in [0.05, 0.1) is 10.7 Å². The number of rotatable bonds is 7. The monoisotopic (exact) mass is 468 g/mol. The van der Waals surface area contributed by atoms with Crippen molar-refractivity contribution in [3.8, 4) is 0 Å². The Labute approximate surface area is 193 Å². The Kier molecular flexibility index (Phi) is 6.98. The number of nitrogens with zero attached hydrogens (tertiary/aromatic N) is 5. The first-order valence-electron chi connectivity index (χ1n) is 10.2. The summed E-state index contributed by atoms with van der Waals surface area (Å²) in [5.74, 6) is -0.485. The normalized spacial score (nSPS) is 13.6. The number of hydrogen-bond donors (Lipinski definition) is 1. The molecule has 1 aliphatic rings. The largest absolute Gasteiger partial charge is 0.368 e. The molecule has 11 heteroatoms. The highest BCUT2D eigenvalue weighted by Gasteiger charge is 2.19. The van der Waals surface area contributed by atoms with Crippen LogP contribution >= 0.6 is 11.8 Å². The standard InChI is InChI=1S/C22H21FN6O3S/c23-18-7-6-16(12-19(18)29(31)32)26-21(30)14-33-22-13-20(24-15-25-22)28-10-8-27(9-11-28)17-4-2-1-3-5-17/h1-7,12-13,15H,8-11,14H2,(H,26,30). The highest BCUT2D eigenvalue weighted by Crippen LogP contribution is 2.24. The maximum Gasteiger partial charge on any atom is 0.306 e. The van der Waals surface area contributed by atoms with E-state index in [1.165, 1.54) is 29.8 Å². The Morgan fingerprint density at radius 3 is 2.52 bits per heavy atom. The average Bonchev–Trinajstić information content (AvgIpc) is 2.84. The molecule has 3 aromatic rings. The third-order valence-corrected chi connectivity index (χ3v) is 6.06. The quantitative estimate of drug-likeness (QED) is 0.243. The van der Waals surface area contributed by atoms with Crippen LogP contribution in [0.5, 0.6) is 0 Å². The molecule has 0 unspecified atom stereocenters. The van der Waals surface area contributed by atoms with Crippen LogP contribution in [0.1, 0.15) is 0 Å². The molecule has 2 heterocycles. The number of thioether (sulfide) groups is 1. The van der Waals surface area contributed by atoms with Crippen molar-refractivity contribution in [3.63, 3.8) is 0 Å². The van der Waals surface area contributed by atoms with Gasteiger partial charge < -0.3 is 15.1 Å². The van der Waals surface area contributed by atoms with Crippen LogP contribution in [0.3, 0.4) is 0 Å². The van der Waals surface area contributed by atoms with Gasteiger partial charge in [-0.2, -0.15) is 4.39 Å². The number of hydrogen-bond acceptors (Lipinski definition) is 8. The predicted octanol–water partition coefficient (Wildman–Crippen LogP) is 3.58. The molecular weight excluding hydrogens is 447 g/mol. The summed E-state index contributed by atoms with van der Waals surface area (Å²) >= 11 is 1.23. The van der Waals surface area contributed by atoms with Crippen molar-refractivity contribution < 1.29 is 14.1 Å². The minimum absolute atomic E-state index is 0.0451. The van der Waals surface area contributed by atoms with Crippen LogP contribution in [-0.2, 0) is 4.79 Å². The lowest BCUT2D eigenvalue weighted by atomic mass is 10.2. The summed E-state index contributed by atoms with van der Waals surface area (Å²) in [4.78, 5) is 35.4. The van der Waals surface area contributed by atoms with E-state index < -0.39 is 16.4 Å².